The number of carbonyl (C=O) groups is 1. The van der Waals surface area contributed by atoms with Gasteiger partial charge in [0.05, 0.1) is 30.3 Å². The van der Waals surface area contributed by atoms with Crippen molar-refractivity contribution in [3.63, 3.8) is 0 Å². The Bertz CT molecular complexity index is 805. The predicted octanol–water partition coefficient (Wildman–Crippen LogP) is -7.07. The minimum Gasteiger partial charge on any atom is -0.389 e. The molecule has 2 saturated heterocycles. The summed E-state index contributed by atoms with van der Waals surface area (Å²) >= 11 is 0. The first-order chi connectivity index (χ1) is 18.9. The smallest absolute Gasteiger partial charge is 0.249 e. The number of ether oxygens (including phenoxy) is 4. The zero-order chi connectivity index (χ0) is 29.7. The van der Waals surface area contributed by atoms with Crippen LogP contribution in [0.3, 0.4) is 0 Å². The number of carbonyl (C=O) groups excluding carboxylic acids is 1. The van der Waals surface area contributed by atoms with Crippen molar-refractivity contribution in [1.82, 2.24) is 5.32 Å². The zero-order valence-corrected chi connectivity index (χ0v) is 22.4. The Morgan fingerprint density at radius 3 is 2.20 bits per heavy atom. The van der Waals surface area contributed by atoms with Crippen LogP contribution in [-0.2, 0) is 23.7 Å². The second kappa shape index (κ2) is 14.9. The summed E-state index contributed by atoms with van der Waals surface area (Å²) in [5.74, 6) is -0.778. The van der Waals surface area contributed by atoms with Gasteiger partial charge >= 0.3 is 0 Å². The van der Waals surface area contributed by atoms with Crippen LogP contribution in [0.2, 0.25) is 0 Å². The summed E-state index contributed by atoms with van der Waals surface area (Å²) in [6.45, 7) is 0.0166. The maximum Gasteiger partial charge on any atom is 0.249 e. The van der Waals surface area contributed by atoms with Gasteiger partial charge in [-0.2, -0.15) is 0 Å². The van der Waals surface area contributed by atoms with E-state index in [0.717, 1.165) is 0 Å². The van der Waals surface area contributed by atoms with E-state index in [1.54, 1.807) is 0 Å². The van der Waals surface area contributed by atoms with Gasteiger partial charge in [-0.05, 0) is 32.2 Å². The van der Waals surface area contributed by atoms with Crippen LogP contribution in [0.15, 0.2) is 0 Å². The average molecular weight is 582 g/mol. The fraction of sp³-hybridized carbons (Fsp3) is 0.957. The molecule has 1 amide bonds. The molecule has 234 valence electrons. The van der Waals surface area contributed by atoms with Gasteiger partial charge in [-0.3, -0.25) is 4.79 Å². The standard InChI is InChI=1S/C23H47N7O10/c24-4-3-12(31)21(36)30-11-5-10(28)18(38-22-9(27)2-1-8(6-25)37-22)17(35)19(11)39-23-16(34)14(29)15(33)20(40-23)13(32)7-26/h8-20,22-23,31-35H,1-7,24-29H2,(H,30,36)/t8?,9?,10?,11-,12+,13?,14+,15+,16?,17?,18?,19+,20?,22-,23+/m1/s1. The van der Waals surface area contributed by atoms with Gasteiger partial charge in [0.15, 0.2) is 12.6 Å². The highest BCUT2D eigenvalue weighted by Crippen LogP contribution is 2.32. The maximum atomic E-state index is 12.6. The topological polar surface area (TPSA) is 323 Å². The molecule has 17 heteroatoms. The van der Waals surface area contributed by atoms with E-state index in [-0.39, 0.29) is 38.6 Å². The molecule has 0 aromatic rings. The van der Waals surface area contributed by atoms with Gasteiger partial charge < -0.3 is 84.2 Å². The van der Waals surface area contributed by atoms with Crippen LogP contribution < -0.4 is 39.7 Å². The van der Waals surface area contributed by atoms with Crippen molar-refractivity contribution in [1.29, 1.82) is 0 Å². The lowest BCUT2D eigenvalue weighted by Crippen LogP contribution is -2.69. The molecule has 2 aliphatic heterocycles. The van der Waals surface area contributed by atoms with Crippen molar-refractivity contribution < 1.29 is 49.3 Å². The molecule has 3 fully saturated rings. The molecule has 18 N–H and O–H groups in total. The van der Waals surface area contributed by atoms with E-state index in [1.165, 1.54) is 0 Å². The van der Waals surface area contributed by atoms with Gasteiger partial charge in [0, 0.05) is 19.1 Å². The Labute approximate surface area is 232 Å². The largest absolute Gasteiger partial charge is 0.389 e. The number of nitrogens with two attached hydrogens (primary N) is 6. The second-order valence-electron chi connectivity index (χ2n) is 10.7. The van der Waals surface area contributed by atoms with Crippen molar-refractivity contribution >= 4 is 5.91 Å². The zero-order valence-electron chi connectivity index (χ0n) is 22.4. The summed E-state index contributed by atoms with van der Waals surface area (Å²) in [6.07, 6.45) is -12.7. The molecule has 3 aliphatic rings. The number of nitrogens with one attached hydrogen (secondary N) is 1. The van der Waals surface area contributed by atoms with Crippen molar-refractivity contribution in [3.8, 4) is 0 Å². The van der Waals surface area contributed by atoms with Gasteiger partial charge in [-0.25, -0.2) is 0 Å². The first-order valence-corrected chi connectivity index (χ1v) is 13.6. The molecule has 8 unspecified atom stereocenters. The molecule has 0 aromatic heterocycles. The molecule has 0 radical (unpaired) electrons. The molecule has 15 atom stereocenters. The summed E-state index contributed by atoms with van der Waals surface area (Å²) < 4.78 is 23.5. The number of amides is 1. The van der Waals surface area contributed by atoms with E-state index in [4.69, 9.17) is 53.3 Å². The number of hydrogen-bond acceptors (Lipinski definition) is 16. The Kier molecular flexibility index (Phi) is 12.4. The highest BCUT2D eigenvalue weighted by atomic mass is 16.7. The lowest BCUT2D eigenvalue weighted by molar-refractivity contribution is -0.319. The molecule has 40 heavy (non-hydrogen) atoms. The number of aliphatic hydroxyl groups excluding tert-OH is 5. The van der Waals surface area contributed by atoms with Crippen LogP contribution >= 0.6 is 0 Å². The molecule has 0 aromatic carbocycles. The first kappa shape index (κ1) is 33.4. The van der Waals surface area contributed by atoms with E-state index in [9.17, 15) is 30.3 Å². The van der Waals surface area contributed by atoms with Gasteiger partial charge in [0.1, 0.15) is 42.7 Å². The third-order valence-corrected chi connectivity index (χ3v) is 7.75. The van der Waals surface area contributed by atoms with E-state index in [1.807, 2.05) is 0 Å². The third kappa shape index (κ3) is 7.63. The Balaban J connectivity index is 1.85. The fourth-order valence-electron chi connectivity index (χ4n) is 5.28. The highest BCUT2D eigenvalue weighted by molar-refractivity contribution is 5.80. The van der Waals surface area contributed by atoms with E-state index < -0.39 is 91.5 Å². The summed E-state index contributed by atoms with van der Waals surface area (Å²) in [5, 5.41) is 55.5. The number of rotatable bonds is 11. The molecule has 0 spiro atoms. The molecule has 1 saturated carbocycles. The lowest BCUT2D eigenvalue weighted by Gasteiger charge is -2.48. The number of hydrogen-bond donors (Lipinski definition) is 12. The van der Waals surface area contributed by atoms with Gasteiger partial charge in [0.2, 0.25) is 5.91 Å². The SMILES string of the molecule is NCC[C@H](O)C(=O)N[C@@H]1CC(N)C(O[C@H]2OC(CN)CCC2N)C(O)[C@H]1O[C@H]1OC(C(O)CN)[C@@H](O)[C@H](N)C1O. The van der Waals surface area contributed by atoms with Crippen molar-refractivity contribution in [3.05, 3.63) is 0 Å². The average Bonchev–Trinajstić information content (AvgIpc) is 2.93. The van der Waals surface area contributed by atoms with Gasteiger partial charge in [-0.1, -0.05) is 0 Å². The van der Waals surface area contributed by atoms with Crippen LogP contribution in [-0.4, -0.2) is 143 Å². The van der Waals surface area contributed by atoms with Crippen LogP contribution in [0.5, 0.6) is 0 Å². The lowest BCUT2D eigenvalue weighted by atomic mass is 9.83. The Morgan fingerprint density at radius 2 is 1.57 bits per heavy atom. The van der Waals surface area contributed by atoms with E-state index >= 15 is 0 Å². The van der Waals surface area contributed by atoms with Crippen LogP contribution in [0, 0.1) is 0 Å². The van der Waals surface area contributed by atoms with Crippen molar-refractivity contribution in [2.24, 2.45) is 34.4 Å². The normalized spacial score (nSPS) is 44.1. The fourth-order valence-corrected chi connectivity index (χ4v) is 5.28. The third-order valence-electron chi connectivity index (χ3n) is 7.75. The molecular weight excluding hydrogens is 534 g/mol. The summed E-state index contributed by atoms with van der Waals surface area (Å²) in [6, 6.07) is -3.68. The van der Waals surface area contributed by atoms with Gasteiger partial charge in [-0.15, -0.1) is 0 Å². The van der Waals surface area contributed by atoms with Crippen LogP contribution in [0.25, 0.3) is 0 Å². The minimum absolute atomic E-state index is 0.00208. The van der Waals surface area contributed by atoms with Crippen molar-refractivity contribution in [2.45, 2.75) is 117 Å². The molecule has 3 rings (SSSR count). The highest BCUT2D eigenvalue weighted by Gasteiger charge is 2.52. The minimum atomic E-state index is -1.60. The summed E-state index contributed by atoms with van der Waals surface area (Å²) in [4.78, 5) is 12.6. The maximum absolute atomic E-state index is 12.6. The Hall–Kier alpha value is -1.13. The van der Waals surface area contributed by atoms with E-state index in [0.29, 0.717) is 12.8 Å². The van der Waals surface area contributed by atoms with E-state index in [2.05, 4.69) is 5.32 Å². The first-order valence-electron chi connectivity index (χ1n) is 13.6. The number of aliphatic hydroxyl groups is 5. The molecule has 2 heterocycles. The second-order valence-corrected chi connectivity index (χ2v) is 10.7. The van der Waals surface area contributed by atoms with Crippen LogP contribution in [0.1, 0.15) is 25.7 Å². The molecule has 0 bridgehead atoms. The monoisotopic (exact) mass is 581 g/mol. The van der Waals surface area contributed by atoms with Crippen LogP contribution in [0.4, 0.5) is 0 Å². The van der Waals surface area contributed by atoms with Crippen molar-refractivity contribution in [2.75, 3.05) is 19.6 Å². The van der Waals surface area contributed by atoms with Gasteiger partial charge in [0.25, 0.3) is 0 Å². The molecule has 1 aliphatic carbocycles. The molecule has 17 nitrogen and oxygen atoms in total. The molecular formula is C23H47N7O10. The quantitative estimate of drug-likeness (QED) is 0.108. The summed E-state index contributed by atoms with van der Waals surface area (Å²) in [5.41, 5.74) is 35.2. The Morgan fingerprint density at radius 1 is 0.900 bits per heavy atom. The summed E-state index contributed by atoms with van der Waals surface area (Å²) in [7, 11) is 0. The predicted molar refractivity (Wildman–Crippen MR) is 139 cm³/mol.